The van der Waals surface area contributed by atoms with Gasteiger partial charge in [0.1, 0.15) is 11.4 Å². The van der Waals surface area contributed by atoms with E-state index in [2.05, 4.69) is 22.1 Å². The van der Waals surface area contributed by atoms with E-state index in [1.54, 1.807) is 13.2 Å². The average molecular weight is 450 g/mol. The fourth-order valence-electron chi connectivity index (χ4n) is 3.71. The van der Waals surface area contributed by atoms with Gasteiger partial charge in [-0.3, -0.25) is 0 Å². The summed E-state index contributed by atoms with van der Waals surface area (Å²) in [6.07, 6.45) is 3.76. The summed E-state index contributed by atoms with van der Waals surface area (Å²) in [6.45, 7) is 4.24. The van der Waals surface area contributed by atoms with Crippen molar-refractivity contribution in [3.63, 3.8) is 0 Å². The molecule has 168 valence electrons. The van der Waals surface area contributed by atoms with E-state index in [0.29, 0.717) is 18.5 Å². The Bertz CT molecular complexity index is 1400. The summed E-state index contributed by atoms with van der Waals surface area (Å²) in [4.78, 5) is 0. The zero-order valence-electron chi connectivity index (χ0n) is 18.7. The summed E-state index contributed by atoms with van der Waals surface area (Å²) in [6, 6.07) is 26.2. The molecule has 0 bridgehead atoms. The number of aromatic nitrogens is 4. The lowest BCUT2D eigenvalue weighted by Crippen LogP contribution is -1.97. The molecule has 2 heterocycles. The van der Waals surface area contributed by atoms with Gasteiger partial charge < -0.3 is 14.5 Å². The lowest BCUT2D eigenvalue weighted by Gasteiger charge is -2.07. The second-order valence-corrected chi connectivity index (χ2v) is 7.53. The summed E-state index contributed by atoms with van der Waals surface area (Å²) >= 11 is 0. The maximum atomic E-state index is 5.88. The summed E-state index contributed by atoms with van der Waals surface area (Å²) in [7, 11) is 1.66. The van der Waals surface area contributed by atoms with Crippen molar-refractivity contribution < 1.29 is 9.15 Å². The predicted molar refractivity (Wildman–Crippen MR) is 133 cm³/mol. The van der Waals surface area contributed by atoms with E-state index in [1.807, 2.05) is 89.7 Å². The molecule has 5 aromatic rings. The lowest BCUT2D eigenvalue weighted by atomic mass is 9.97. The molecule has 0 atom stereocenters. The molecule has 0 aliphatic rings. The summed E-state index contributed by atoms with van der Waals surface area (Å²) in [5.41, 5.74) is 5.49. The second kappa shape index (κ2) is 9.46. The van der Waals surface area contributed by atoms with Crippen molar-refractivity contribution in [3.05, 3.63) is 97.7 Å². The number of anilines is 1. The van der Waals surface area contributed by atoms with Gasteiger partial charge in [-0.25, -0.2) is 4.68 Å². The molecule has 7 nitrogen and oxygen atoms in total. The molecular weight excluding hydrogens is 426 g/mol. The van der Waals surface area contributed by atoms with Gasteiger partial charge in [0.25, 0.3) is 0 Å². The molecule has 0 spiro atoms. The van der Waals surface area contributed by atoms with Crippen LogP contribution >= 0.6 is 0 Å². The van der Waals surface area contributed by atoms with Crippen LogP contribution in [-0.4, -0.2) is 33.6 Å². The quantitative estimate of drug-likeness (QED) is 0.299. The molecule has 1 N–H and O–H groups in total. The highest BCUT2D eigenvalue weighted by atomic mass is 16.5. The lowest BCUT2D eigenvalue weighted by molar-refractivity contribution is 0.415. The van der Waals surface area contributed by atoms with Crippen molar-refractivity contribution in [1.82, 2.24) is 20.0 Å². The van der Waals surface area contributed by atoms with E-state index in [0.717, 1.165) is 39.4 Å². The van der Waals surface area contributed by atoms with Crippen LogP contribution in [0.2, 0.25) is 0 Å². The van der Waals surface area contributed by atoms with Gasteiger partial charge in [0, 0.05) is 29.4 Å². The van der Waals surface area contributed by atoms with E-state index >= 15 is 0 Å². The highest BCUT2D eigenvalue weighted by Gasteiger charge is 2.20. The minimum absolute atomic E-state index is 0.347. The van der Waals surface area contributed by atoms with E-state index in [-0.39, 0.29) is 0 Å². The van der Waals surface area contributed by atoms with Crippen molar-refractivity contribution in [1.29, 1.82) is 0 Å². The van der Waals surface area contributed by atoms with Crippen LogP contribution in [0.3, 0.4) is 0 Å². The zero-order valence-corrected chi connectivity index (χ0v) is 18.7. The first-order valence-corrected chi connectivity index (χ1v) is 10.8. The first-order valence-electron chi connectivity index (χ1n) is 10.8. The fourth-order valence-corrected chi connectivity index (χ4v) is 3.71. The first kappa shape index (κ1) is 21.2. The van der Waals surface area contributed by atoms with E-state index < -0.39 is 0 Å². The number of ether oxygens (including phenoxy) is 1. The Balaban J connectivity index is 1.65. The number of nitrogens with one attached hydrogen (secondary N) is 1. The van der Waals surface area contributed by atoms with Crippen molar-refractivity contribution >= 4 is 6.01 Å². The Morgan fingerprint density at radius 2 is 1.65 bits per heavy atom. The molecule has 0 aliphatic heterocycles. The van der Waals surface area contributed by atoms with Crippen molar-refractivity contribution in [2.45, 2.75) is 0 Å². The minimum atomic E-state index is 0.347. The van der Waals surface area contributed by atoms with Crippen LogP contribution in [0.25, 0.3) is 39.5 Å². The van der Waals surface area contributed by atoms with Crippen LogP contribution in [0.4, 0.5) is 6.01 Å². The zero-order chi connectivity index (χ0) is 23.3. The molecule has 3 aromatic carbocycles. The van der Waals surface area contributed by atoms with E-state index in [4.69, 9.17) is 14.3 Å². The molecule has 0 aliphatic carbocycles. The van der Waals surface area contributed by atoms with E-state index in [1.165, 1.54) is 0 Å². The van der Waals surface area contributed by atoms with Gasteiger partial charge in [-0.1, -0.05) is 47.6 Å². The smallest absolute Gasteiger partial charge is 0.315 e. The van der Waals surface area contributed by atoms with Crippen molar-refractivity contribution in [2.24, 2.45) is 0 Å². The largest absolute Gasteiger partial charge is 0.497 e. The summed E-state index contributed by atoms with van der Waals surface area (Å²) < 4.78 is 13.1. The van der Waals surface area contributed by atoms with Crippen LogP contribution in [0.5, 0.6) is 5.75 Å². The molecule has 7 heteroatoms. The topological polar surface area (TPSA) is 78.0 Å². The van der Waals surface area contributed by atoms with Gasteiger partial charge in [-0.15, -0.1) is 11.7 Å². The van der Waals surface area contributed by atoms with Gasteiger partial charge >= 0.3 is 6.01 Å². The molecule has 34 heavy (non-hydrogen) atoms. The van der Waals surface area contributed by atoms with Crippen LogP contribution < -0.4 is 10.1 Å². The van der Waals surface area contributed by atoms with Gasteiger partial charge in [0.2, 0.25) is 5.89 Å². The van der Waals surface area contributed by atoms with Crippen LogP contribution in [0.15, 0.2) is 102 Å². The molecule has 0 saturated carbocycles. The third-order valence-corrected chi connectivity index (χ3v) is 5.37. The SMILES string of the molecule is C=CCNc1nnc(-c2ccccc2-c2cn(-c3ccccc3)nc2-c2ccc(OC)cc2)o1. The molecule has 0 unspecified atom stereocenters. The second-order valence-electron chi connectivity index (χ2n) is 7.53. The van der Waals surface area contributed by atoms with Crippen LogP contribution in [0.1, 0.15) is 0 Å². The highest BCUT2D eigenvalue weighted by Crippen LogP contribution is 2.38. The first-order chi connectivity index (χ1) is 16.8. The fraction of sp³-hybridized carbons (Fsp3) is 0.0741. The third-order valence-electron chi connectivity index (χ3n) is 5.37. The average Bonchev–Trinajstić information content (AvgIpc) is 3.56. The Hall–Kier alpha value is -4.65. The monoisotopic (exact) mass is 449 g/mol. The van der Waals surface area contributed by atoms with E-state index in [9.17, 15) is 0 Å². The Morgan fingerprint density at radius 1 is 0.912 bits per heavy atom. The molecule has 2 aromatic heterocycles. The molecule has 0 amide bonds. The molecule has 0 fully saturated rings. The van der Waals surface area contributed by atoms with Crippen molar-refractivity contribution in [2.75, 3.05) is 19.0 Å². The number of rotatable bonds is 8. The molecule has 5 rings (SSSR count). The number of benzene rings is 3. The predicted octanol–water partition coefficient (Wildman–Crippen LogP) is 5.86. The maximum absolute atomic E-state index is 5.88. The number of methoxy groups -OCH3 is 1. The molecule has 0 radical (unpaired) electrons. The number of hydrogen-bond acceptors (Lipinski definition) is 6. The highest BCUT2D eigenvalue weighted by molar-refractivity contribution is 5.88. The number of nitrogens with zero attached hydrogens (tertiary/aromatic N) is 4. The normalized spacial score (nSPS) is 10.7. The third kappa shape index (κ3) is 4.19. The van der Waals surface area contributed by atoms with Crippen LogP contribution in [-0.2, 0) is 0 Å². The van der Waals surface area contributed by atoms with Crippen molar-refractivity contribution in [3.8, 4) is 45.3 Å². The Morgan fingerprint density at radius 3 is 2.38 bits per heavy atom. The van der Waals surface area contributed by atoms with Gasteiger partial charge in [0.05, 0.1) is 12.8 Å². The van der Waals surface area contributed by atoms with Gasteiger partial charge in [-0.2, -0.15) is 5.10 Å². The maximum Gasteiger partial charge on any atom is 0.315 e. The standard InChI is InChI=1S/C27H23N5O2/c1-3-17-28-27-30-29-26(34-27)23-12-8-7-11-22(23)24-18-32(20-9-5-4-6-10-20)31-25(24)19-13-15-21(33-2)16-14-19/h3-16,18H,1,17H2,2H3,(H,28,30). The Labute approximate surface area is 197 Å². The summed E-state index contributed by atoms with van der Waals surface area (Å²) in [5, 5.41) is 16.3. The Kier molecular flexibility index (Phi) is 5.90. The molecule has 0 saturated heterocycles. The van der Waals surface area contributed by atoms with Crippen LogP contribution in [0, 0.1) is 0 Å². The number of para-hydroxylation sites is 1. The minimum Gasteiger partial charge on any atom is -0.497 e. The van der Waals surface area contributed by atoms with Gasteiger partial charge in [0.15, 0.2) is 0 Å². The molecular formula is C27H23N5O2. The number of hydrogen-bond donors (Lipinski definition) is 1. The van der Waals surface area contributed by atoms with Gasteiger partial charge in [-0.05, 0) is 48.0 Å². The summed E-state index contributed by atoms with van der Waals surface area (Å²) in [5.74, 6) is 1.22.